The van der Waals surface area contributed by atoms with Crippen LogP contribution in [0.25, 0.3) is 11.1 Å². The molecule has 0 radical (unpaired) electrons. The summed E-state index contributed by atoms with van der Waals surface area (Å²) in [4.78, 5) is 8.53. The molecule has 0 aromatic carbocycles. The summed E-state index contributed by atoms with van der Waals surface area (Å²) in [5, 5.41) is 10.0. The lowest BCUT2D eigenvalue weighted by molar-refractivity contribution is 1.05. The zero-order valence-electron chi connectivity index (χ0n) is 10.3. The van der Waals surface area contributed by atoms with Crippen LogP contribution in [0.5, 0.6) is 0 Å². The zero-order valence-corrected chi connectivity index (χ0v) is 11.2. The minimum absolute atomic E-state index is 0.638. The molecule has 0 saturated carbocycles. The van der Waals surface area contributed by atoms with Crippen LogP contribution in [0.15, 0.2) is 35.6 Å². The van der Waals surface area contributed by atoms with Gasteiger partial charge in [0.1, 0.15) is 11.1 Å². The summed E-state index contributed by atoms with van der Waals surface area (Å²) >= 11 is 1.60. The molecule has 90 valence electrons. The van der Waals surface area contributed by atoms with Gasteiger partial charge in [0, 0.05) is 23.7 Å². The molecular formula is C14H13N3S. The minimum Gasteiger partial charge on any atom is -0.265 e. The third-order valence-electron chi connectivity index (χ3n) is 2.57. The van der Waals surface area contributed by atoms with Crippen molar-refractivity contribution in [2.24, 2.45) is 0 Å². The fourth-order valence-electron chi connectivity index (χ4n) is 1.73. The van der Waals surface area contributed by atoms with Gasteiger partial charge < -0.3 is 0 Å². The average Bonchev–Trinajstić information content (AvgIpc) is 2.40. The zero-order chi connectivity index (χ0) is 13.0. The largest absolute Gasteiger partial charge is 0.265 e. The van der Waals surface area contributed by atoms with Crippen molar-refractivity contribution < 1.29 is 0 Å². The Kier molecular flexibility index (Phi) is 3.96. The molecule has 0 aliphatic carbocycles. The SMILES string of the molecule is CCSc1nc(C)c(-c2ccncc2)cc1C#N. The van der Waals surface area contributed by atoms with Gasteiger partial charge in [0.05, 0.1) is 5.56 Å². The van der Waals surface area contributed by atoms with Gasteiger partial charge >= 0.3 is 0 Å². The Balaban J connectivity index is 2.54. The summed E-state index contributed by atoms with van der Waals surface area (Å²) in [5.74, 6) is 0.912. The van der Waals surface area contributed by atoms with Gasteiger partial charge in [0.2, 0.25) is 0 Å². The van der Waals surface area contributed by atoms with E-state index in [4.69, 9.17) is 0 Å². The van der Waals surface area contributed by atoms with Crippen LogP contribution in [0.4, 0.5) is 0 Å². The van der Waals surface area contributed by atoms with Gasteiger partial charge in [-0.3, -0.25) is 4.98 Å². The van der Waals surface area contributed by atoms with Crippen LogP contribution in [0.3, 0.4) is 0 Å². The van der Waals surface area contributed by atoms with Crippen molar-refractivity contribution in [1.29, 1.82) is 5.26 Å². The number of aromatic nitrogens is 2. The maximum absolute atomic E-state index is 9.19. The highest BCUT2D eigenvalue weighted by atomic mass is 32.2. The van der Waals surface area contributed by atoms with Crippen molar-refractivity contribution >= 4 is 11.8 Å². The number of aryl methyl sites for hydroxylation is 1. The lowest BCUT2D eigenvalue weighted by Crippen LogP contribution is -1.95. The predicted octanol–water partition coefficient (Wildman–Crippen LogP) is 3.44. The van der Waals surface area contributed by atoms with Gasteiger partial charge in [-0.2, -0.15) is 5.26 Å². The molecule has 4 heteroatoms. The number of hydrogen-bond donors (Lipinski definition) is 0. The lowest BCUT2D eigenvalue weighted by Gasteiger charge is -2.09. The summed E-state index contributed by atoms with van der Waals surface area (Å²) in [6.45, 7) is 4.02. The van der Waals surface area contributed by atoms with E-state index in [2.05, 4.69) is 23.0 Å². The van der Waals surface area contributed by atoms with Crippen LogP contribution < -0.4 is 0 Å². The number of thioether (sulfide) groups is 1. The number of pyridine rings is 2. The summed E-state index contributed by atoms with van der Waals surface area (Å²) in [6, 6.07) is 7.99. The van der Waals surface area contributed by atoms with Crippen molar-refractivity contribution in [2.75, 3.05) is 5.75 Å². The molecule has 3 nitrogen and oxygen atoms in total. The maximum atomic E-state index is 9.19. The molecule has 0 N–H and O–H groups in total. The van der Waals surface area contributed by atoms with E-state index in [0.717, 1.165) is 27.6 Å². The first-order valence-electron chi connectivity index (χ1n) is 5.71. The van der Waals surface area contributed by atoms with Crippen molar-refractivity contribution in [2.45, 2.75) is 18.9 Å². The van der Waals surface area contributed by atoms with Gasteiger partial charge in [-0.05, 0) is 36.4 Å². The Hall–Kier alpha value is -1.86. The maximum Gasteiger partial charge on any atom is 0.114 e. The van der Waals surface area contributed by atoms with E-state index in [9.17, 15) is 5.26 Å². The molecule has 2 aromatic heterocycles. The smallest absolute Gasteiger partial charge is 0.114 e. The second-order valence-corrected chi connectivity index (χ2v) is 5.01. The quantitative estimate of drug-likeness (QED) is 0.788. The van der Waals surface area contributed by atoms with E-state index < -0.39 is 0 Å². The first kappa shape index (κ1) is 12.6. The van der Waals surface area contributed by atoms with Gasteiger partial charge in [-0.25, -0.2) is 4.98 Å². The number of rotatable bonds is 3. The predicted molar refractivity (Wildman–Crippen MR) is 73.3 cm³/mol. The van der Waals surface area contributed by atoms with Crippen LogP contribution in [-0.4, -0.2) is 15.7 Å². The van der Waals surface area contributed by atoms with Crippen molar-refractivity contribution in [3.8, 4) is 17.2 Å². The summed E-state index contributed by atoms with van der Waals surface area (Å²) in [5.41, 5.74) is 3.62. The molecule has 0 unspecified atom stereocenters. The first-order chi connectivity index (χ1) is 8.76. The average molecular weight is 255 g/mol. The molecule has 2 rings (SSSR count). The topological polar surface area (TPSA) is 49.6 Å². The van der Waals surface area contributed by atoms with E-state index in [0.29, 0.717) is 5.56 Å². The molecule has 0 spiro atoms. The molecule has 0 bridgehead atoms. The van der Waals surface area contributed by atoms with Crippen LogP contribution in [0.1, 0.15) is 18.2 Å². The molecular weight excluding hydrogens is 242 g/mol. The van der Waals surface area contributed by atoms with Crippen molar-refractivity contribution in [3.05, 3.63) is 41.9 Å². The molecule has 2 aromatic rings. The molecule has 0 atom stereocenters. The molecule has 0 fully saturated rings. The fourth-order valence-corrected chi connectivity index (χ4v) is 2.47. The highest BCUT2D eigenvalue weighted by Crippen LogP contribution is 2.28. The van der Waals surface area contributed by atoms with Crippen LogP contribution >= 0.6 is 11.8 Å². The van der Waals surface area contributed by atoms with Gasteiger partial charge in [0.15, 0.2) is 0 Å². The highest BCUT2D eigenvalue weighted by molar-refractivity contribution is 7.99. The van der Waals surface area contributed by atoms with Gasteiger partial charge in [-0.15, -0.1) is 11.8 Å². The van der Waals surface area contributed by atoms with E-state index in [1.54, 1.807) is 24.2 Å². The monoisotopic (exact) mass is 255 g/mol. The molecule has 0 aliphatic rings. The molecule has 0 aliphatic heterocycles. The summed E-state index contributed by atoms with van der Waals surface area (Å²) < 4.78 is 0. The number of nitriles is 1. The van der Waals surface area contributed by atoms with Gasteiger partial charge in [-0.1, -0.05) is 6.92 Å². The Morgan fingerprint density at radius 1 is 1.33 bits per heavy atom. The molecule has 2 heterocycles. The molecule has 18 heavy (non-hydrogen) atoms. The number of nitrogens with zero attached hydrogens (tertiary/aromatic N) is 3. The van der Waals surface area contributed by atoms with E-state index in [1.807, 2.05) is 25.1 Å². The Morgan fingerprint density at radius 3 is 2.67 bits per heavy atom. The third-order valence-corrected chi connectivity index (χ3v) is 3.44. The van der Waals surface area contributed by atoms with Crippen molar-refractivity contribution in [3.63, 3.8) is 0 Å². The lowest BCUT2D eigenvalue weighted by atomic mass is 10.0. The number of hydrogen-bond acceptors (Lipinski definition) is 4. The Labute approximate surface area is 111 Å². The second-order valence-electron chi connectivity index (χ2n) is 3.75. The standard InChI is InChI=1S/C14H13N3S/c1-3-18-14-12(9-15)8-13(10(2)17-14)11-4-6-16-7-5-11/h4-8H,3H2,1-2H3. The Bertz CT molecular complexity index is 588. The molecule has 0 saturated heterocycles. The minimum atomic E-state index is 0.638. The fraction of sp³-hybridized carbons (Fsp3) is 0.214. The van der Waals surface area contributed by atoms with Crippen LogP contribution in [0.2, 0.25) is 0 Å². The normalized spacial score (nSPS) is 10.1. The van der Waals surface area contributed by atoms with Crippen LogP contribution in [-0.2, 0) is 0 Å². The van der Waals surface area contributed by atoms with Crippen LogP contribution in [0, 0.1) is 18.3 Å². The van der Waals surface area contributed by atoms with Gasteiger partial charge in [0.25, 0.3) is 0 Å². The second kappa shape index (κ2) is 5.65. The summed E-state index contributed by atoms with van der Waals surface area (Å²) in [7, 11) is 0. The first-order valence-corrected chi connectivity index (χ1v) is 6.69. The Morgan fingerprint density at radius 2 is 2.06 bits per heavy atom. The van der Waals surface area contributed by atoms with E-state index in [-0.39, 0.29) is 0 Å². The highest BCUT2D eigenvalue weighted by Gasteiger charge is 2.10. The summed E-state index contributed by atoms with van der Waals surface area (Å²) in [6.07, 6.45) is 3.49. The van der Waals surface area contributed by atoms with E-state index >= 15 is 0 Å². The van der Waals surface area contributed by atoms with E-state index in [1.165, 1.54) is 0 Å². The molecule has 0 amide bonds. The third kappa shape index (κ3) is 2.52. The van der Waals surface area contributed by atoms with Crippen molar-refractivity contribution in [1.82, 2.24) is 9.97 Å².